The first-order valence-corrected chi connectivity index (χ1v) is 11.6. The summed E-state index contributed by atoms with van der Waals surface area (Å²) in [5, 5.41) is 10.6. The van der Waals surface area contributed by atoms with Crippen molar-refractivity contribution in [1.29, 1.82) is 0 Å². The molecule has 0 fully saturated rings. The number of hydrogen-bond donors (Lipinski definition) is 0. The first-order chi connectivity index (χ1) is 14.7. The summed E-state index contributed by atoms with van der Waals surface area (Å²) in [5.41, 5.74) is 2.20. The molecule has 0 bridgehead atoms. The van der Waals surface area contributed by atoms with Crippen molar-refractivity contribution >= 4 is 23.4 Å². The van der Waals surface area contributed by atoms with E-state index in [0.29, 0.717) is 10.9 Å². The first-order valence-electron chi connectivity index (χ1n) is 10.2. The van der Waals surface area contributed by atoms with Crippen molar-refractivity contribution in [1.82, 2.24) is 24.6 Å². The van der Waals surface area contributed by atoms with Gasteiger partial charge in [-0.15, -0.1) is 10.2 Å². The number of rotatable bonds is 8. The SMILES string of the molecule is CN(Cc1nnc(SCc2ccncc2)n1-c1cccc(Cl)c1)C[C@H]1CC=CCC1. The molecule has 156 valence electrons. The van der Waals surface area contributed by atoms with Crippen LogP contribution in [0.5, 0.6) is 0 Å². The van der Waals surface area contributed by atoms with Gasteiger partial charge in [0.1, 0.15) is 0 Å². The van der Waals surface area contributed by atoms with Crippen LogP contribution in [0.25, 0.3) is 5.69 Å². The minimum absolute atomic E-state index is 0.708. The molecular weight excluding hydrogens is 414 g/mol. The summed E-state index contributed by atoms with van der Waals surface area (Å²) >= 11 is 7.96. The van der Waals surface area contributed by atoms with Crippen molar-refractivity contribution in [2.24, 2.45) is 5.92 Å². The Labute approximate surface area is 187 Å². The third-order valence-electron chi connectivity index (χ3n) is 5.24. The standard InChI is InChI=1S/C23H26ClN5S/c1-28(15-18-6-3-2-4-7-18)16-22-26-27-23(30-17-19-10-12-25-13-11-19)29(22)21-9-5-8-20(24)14-21/h2-3,5,8-14,18H,4,6-7,15-17H2,1H3/t18-/m0/s1. The fraction of sp³-hybridized carbons (Fsp3) is 0.348. The van der Waals surface area contributed by atoms with Crippen LogP contribution in [0.1, 0.15) is 30.7 Å². The van der Waals surface area contributed by atoms with Crippen LogP contribution >= 0.6 is 23.4 Å². The molecule has 0 amide bonds. The van der Waals surface area contributed by atoms with Gasteiger partial charge in [-0.1, -0.05) is 41.6 Å². The lowest BCUT2D eigenvalue weighted by Gasteiger charge is -2.24. The smallest absolute Gasteiger partial charge is 0.196 e. The zero-order valence-corrected chi connectivity index (χ0v) is 18.7. The van der Waals surface area contributed by atoms with E-state index in [-0.39, 0.29) is 0 Å². The van der Waals surface area contributed by atoms with Crippen LogP contribution in [-0.2, 0) is 12.3 Å². The van der Waals surface area contributed by atoms with Crippen LogP contribution in [0.4, 0.5) is 0 Å². The molecule has 1 aliphatic rings. The predicted octanol–water partition coefficient (Wildman–Crippen LogP) is 5.40. The fourth-order valence-corrected chi connectivity index (χ4v) is 4.88. The van der Waals surface area contributed by atoms with E-state index in [2.05, 4.69) is 49.9 Å². The Hall–Kier alpha value is -2.15. The van der Waals surface area contributed by atoms with Crippen molar-refractivity contribution in [2.45, 2.75) is 36.7 Å². The second-order valence-electron chi connectivity index (χ2n) is 7.71. The second-order valence-corrected chi connectivity index (χ2v) is 9.08. The van der Waals surface area contributed by atoms with Gasteiger partial charge < -0.3 is 0 Å². The molecule has 30 heavy (non-hydrogen) atoms. The molecular formula is C23H26ClN5S. The number of benzene rings is 1. The van der Waals surface area contributed by atoms with Crippen LogP contribution < -0.4 is 0 Å². The molecule has 0 unspecified atom stereocenters. The highest BCUT2D eigenvalue weighted by atomic mass is 35.5. The summed E-state index contributed by atoms with van der Waals surface area (Å²) in [5.74, 6) is 2.46. The summed E-state index contributed by atoms with van der Waals surface area (Å²) < 4.78 is 2.13. The average Bonchev–Trinajstić information content (AvgIpc) is 3.16. The van der Waals surface area contributed by atoms with Gasteiger partial charge in [-0.3, -0.25) is 14.5 Å². The van der Waals surface area contributed by atoms with Crippen LogP contribution in [0, 0.1) is 5.92 Å². The van der Waals surface area contributed by atoms with E-state index in [1.807, 2.05) is 42.7 Å². The lowest BCUT2D eigenvalue weighted by Crippen LogP contribution is -2.27. The summed E-state index contributed by atoms with van der Waals surface area (Å²) in [6, 6.07) is 11.9. The number of thioether (sulfide) groups is 1. The van der Waals surface area contributed by atoms with Crippen molar-refractivity contribution in [3.05, 3.63) is 77.4 Å². The van der Waals surface area contributed by atoms with Gasteiger partial charge in [0.15, 0.2) is 11.0 Å². The highest BCUT2D eigenvalue weighted by Crippen LogP contribution is 2.27. The van der Waals surface area contributed by atoms with Crippen molar-refractivity contribution in [3.8, 4) is 5.69 Å². The van der Waals surface area contributed by atoms with Gasteiger partial charge in [0.2, 0.25) is 0 Å². The molecule has 0 saturated heterocycles. The fourth-order valence-electron chi connectivity index (χ4n) is 3.77. The van der Waals surface area contributed by atoms with Crippen LogP contribution in [0.15, 0.2) is 66.1 Å². The van der Waals surface area contributed by atoms with Gasteiger partial charge in [-0.05, 0) is 68.1 Å². The molecule has 2 heterocycles. The molecule has 0 aliphatic heterocycles. The molecule has 2 aromatic heterocycles. The van der Waals surface area contributed by atoms with E-state index in [9.17, 15) is 0 Å². The van der Waals surface area contributed by atoms with Gasteiger partial charge in [0.25, 0.3) is 0 Å². The molecule has 0 saturated carbocycles. The highest BCUT2D eigenvalue weighted by Gasteiger charge is 2.18. The number of nitrogens with zero attached hydrogens (tertiary/aromatic N) is 5. The van der Waals surface area contributed by atoms with E-state index < -0.39 is 0 Å². The van der Waals surface area contributed by atoms with Gasteiger partial charge in [0, 0.05) is 29.7 Å². The molecule has 0 N–H and O–H groups in total. The van der Waals surface area contributed by atoms with Crippen LogP contribution in [0.2, 0.25) is 5.02 Å². The number of allylic oxidation sites excluding steroid dienone is 2. The molecule has 4 rings (SSSR count). The van der Waals surface area contributed by atoms with Gasteiger partial charge in [0.05, 0.1) is 12.2 Å². The number of halogens is 1. The topological polar surface area (TPSA) is 46.8 Å². The third-order valence-corrected chi connectivity index (χ3v) is 6.48. The van der Waals surface area contributed by atoms with Crippen molar-refractivity contribution < 1.29 is 0 Å². The van der Waals surface area contributed by atoms with Crippen LogP contribution in [-0.4, -0.2) is 38.2 Å². The van der Waals surface area contributed by atoms with Crippen molar-refractivity contribution in [2.75, 3.05) is 13.6 Å². The minimum atomic E-state index is 0.708. The molecule has 1 atom stereocenters. The molecule has 1 aromatic carbocycles. The first kappa shape index (κ1) is 21.1. The zero-order valence-electron chi connectivity index (χ0n) is 17.1. The maximum absolute atomic E-state index is 6.29. The maximum atomic E-state index is 6.29. The van der Waals surface area contributed by atoms with E-state index in [1.54, 1.807) is 11.8 Å². The van der Waals surface area contributed by atoms with E-state index in [4.69, 9.17) is 11.6 Å². The molecule has 1 aliphatic carbocycles. The van der Waals surface area contributed by atoms with Gasteiger partial charge in [-0.2, -0.15) is 0 Å². The largest absolute Gasteiger partial charge is 0.299 e. The molecule has 0 spiro atoms. The third kappa shape index (κ3) is 5.50. The Morgan fingerprint density at radius 1 is 1.17 bits per heavy atom. The highest BCUT2D eigenvalue weighted by molar-refractivity contribution is 7.98. The lowest BCUT2D eigenvalue weighted by molar-refractivity contribution is 0.252. The normalized spacial score (nSPS) is 16.3. The Morgan fingerprint density at radius 3 is 2.80 bits per heavy atom. The lowest BCUT2D eigenvalue weighted by atomic mass is 9.94. The second kappa shape index (κ2) is 10.2. The predicted molar refractivity (Wildman–Crippen MR) is 123 cm³/mol. The van der Waals surface area contributed by atoms with Gasteiger partial charge in [-0.25, -0.2) is 0 Å². The Kier molecular flexibility index (Phi) is 7.20. The quantitative estimate of drug-likeness (QED) is 0.347. The monoisotopic (exact) mass is 439 g/mol. The minimum Gasteiger partial charge on any atom is -0.299 e. The number of aromatic nitrogens is 4. The van der Waals surface area contributed by atoms with Gasteiger partial charge >= 0.3 is 0 Å². The average molecular weight is 440 g/mol. The van der Waals surface area contributed by atoms with E-state index in [1.165, 1.54) is 24.8 Å². The summed E-state index contributed by atoms with van der Waals surface area (Å²) in [4.78, 5) is 6.45. The Morgan fingerprint density at radius 2 is 2.03 bits per heavy atom. The van der Waals surface area contributed by atoms with E-state index in [0.717, 1.165) is 35.5 Å². The van der Waals surface area contributed by atoms with Crippen LogP contribution in [0.3, 0.4) is 0 Å². The Bertz CT molecular complexity index is 988. The maximum Gasteiger partial charge on any atom is 0.196 e. The molecule has 0 radical (unpaired) electrons. The summed E-state index contributed by atoms with van der Waals surface area (Å²) in [7, 11) is 2.17. The molecule has 5 nitrogen and oxygen atoms in total. The summed E-state index contributed by atoms with van der Waals surface area (Å²) in [6.45, 7) is 1.81. The molecule has 3 aromatic rings. The molecule has 7 heteroatoms. The van der Waals surface area contributed by atoms with Crippen molar-refractivity contribution in [3.63, 3.8) is 0 Å². The number of hydrogen-bond acceptors (Lipinski definition) is 5. The Balaban J connectivity index is 1.54. The number of pyridine rings is 1. The zero-order chi connectivity index (χ0) is 20.8. The van der Waals surface area contributed by atoms with E-state index >= 15 is 0 Å². The summed E-state index contributed by atoms with van der Waals surface area (Å²) in [6.07, 6.45) is 11.8.